The van der Waals surface area contributed by atoms with Crippen LogP contribution in [-0.4, -0.2) is 14.8 Å². The van der Waals surface area contributed by atoms with Gasteiger partial charge in [-0.1, -0.05) is 73.1 Å². The average Bonchev–Trinajstić information content (AvgIpc) is 2.95. The molecule has 0 atom stereocenters. The highest BCUT2D eigenvalue weighted by Crippen LogP contribution is 2.29. The van der Waals surface area contributed by atoms with E-state index >= 15 is 0 Å². The molecular weight excluding hydrogens is 361 g/mol. The third-order valence-corrected chi connectivity index (χ3v) is 6.61. The van der Waals surface area contributed by atoms with E-state index in [0.717, 1.165) is 34.6 Å². The largest absolute Gasteiger partial charge is 0.309 e. The number of benzene rings is 1. The summed E-state index contributed by atoms with van der Waals surface area (Å²) < 4.78 is 2.13. The second-order valence-corrected chi connectivity index (χ2v) is 8.29. The van der Waals surface area contributed by atoms with E-state index in [9.17, 15) is 0 Å². The Kier molecular flexibility index (Phi) is 6.48. The van der Waals surface area contributed by atoms with Crippen molar-refractivity contribution in [2.24, 2.45) is 13.0 Å². The van der Waals surface area contributed by atoms with Gasteiger partial charge in [-0.2, -0.15) is 0 Å². The van der Waals surface area contributed by atoms with Crippen molar-refractivity contribution in [3.05, 3.63) is 39.6 Å². The Labute approximate surface area is 158 Å². The number of hydrogen-bond donors (Lipinski definition) is 0. The van der Waals surface area contributed by atoms with Crippen molar-refractivity contribution in [1.82, 2.24) is 14.8 Å². The summed E-state index contributed by atoms with van der Waals surface area (Å²) in [5.41, 5.74) is 1.14. The summed E-state index contributed by atoms with van der Waals surface area (Å²) in [6, 6.07) is 5.75. The van der Waals surface area contributed by atoms with Crippen molar-refractivity contribution in [3.8, 4) is 0 Å². The van der Waals surface area contributed by atoms with Crippen LogP contribution in [0, 0.1) is 5.92 Å². The van der Waals surface area contributed by atoms with E-state index in [2.05, 4.69) is 21.8 Å². The minimum absolute atomic E-state index is 0.592. The highest BCUT2D eigenvalue weighted by atomic mass is 35.5. The number of hydrogen-bond acceptors (Lipinski definition) is 3. The molecule has 3 nitrogen and oxygen atoms in total. The summed E-state index contributed by atoms with van der Waals surface area (Å²) in [6.45, 7) is 0. The summed E-state index contributed by atoms with van der Waals surface area (Å²) in [5, 5.41) is 10.9. The molecule has 1 saturated carbocycles. The van der Waals surface area contributed by atoms with E-state index in [4.69, 9.17) is 23.2 Å². The third kappa shape index (κ3) is 4.68. The van der Waals surface area contributed by atoms with Crippen LogP contribution in [0.15, 0.2) is 23.4 Å². The highest BCUT2D eigenvalue weighted by molar-refractivity contribution is 7.98. The van der Waals surface area contributed by atoms with Crippen LogP contribution in [0.4, 0.5) is 0 Å². The molecule has 130 valence electrons. The molecule has 0 spiro atoms. The first-order valence-corrected chi connectivity index (χ1v) is 10.3. The van der Waals surface area contributed by atoms with Crippen molar-refractivity contribution in [2.75, 3.05) is 0 Å². The number of rotatable bonds is 6. The number of nitrogens with zero attached hydrogens (tertiary/aromatic N) is 3. The van der Waals surface area contributed by atoms with Gasteiger partial charge in [0.1, 0.15) is 5.82 Å². The second kappa shape index (κ2) is 8.59. The zero-order valence-electron chi connectivity index (χ0n) is 14.0. The minimum atomic E-state index is 0.592. The molecule has 0 N–H and O–H groups in total. The van der Waals surface area contributed by atoms with Crippen molar-refractivity contribution >= 4 is 35.0 Å². The topological polar surface area (TPSA) is 30.7 Å². The molecule has 1 heterocycles. The molecule has 1 aliphatic carbocycles. The lowest BCUT2D eigenvalue weighted by molar-refractivity contribution is 0.336. The van der Waals surface area contributed by atoms with Gasteiger partial charge < -0.3 is 4.57 Å². The maximum Gasteiger partial charge on any atom is 0.191 e. The molecule has 0 radical (unpaired) electrons. The van der Waals surface area contributed by atoms with E-state index in [1.54, 1.807) is 11.8 Å². The molecule has 6 heteroatoms. The number of halogens is 2. The Morgan fingerprint density at radius 2 is 1.92 bits per heavy atom. The molecule has 0 bridgehead atoms. The van der Waals surface area contributed by atoms with Gasteiger partial charge in [-0.15, -0.1) is 10.2 Å². The monoisotopic (exact) mass is 383 g/mol. The van der Waals surface area contributed by atoms with Crippen LogP contribution in [0.5, 0.6) is 0 Å². The van der Waals surface area contributed by atoms with Gasteiger partial charge in [-0.05, 0) is 30.0 Å². The Balaban J connectivity index is 1.54. The Hall–Kier alpha value is -0.710. The first-order chi connectivity index (χ1) is 11.6. The van der Waals surface area contributed by atoms with Crippen molar-refractivity contribution in [2.45, 2.75) is 55.9 Å². The van der Waals surface area contributed by atoms with Gasteiger partial charge in [-0.3, -0.25) is 0 Å². The quantitative estimate of drug-likeness (QED) is 0.579. The molecule has 1 fully saturated rings. The van der Waals surface area contributed by atoms with Crippen LogP contribution in [-0.2, 0) is 19.2 Å². The van der Waals surface area contributed by atoms with E-state index < -0.39 is 0 Å². The standard InChI is InChI=1S/C18H23Cl2N3S/c1-23-17(10-8-13-5-3-2-4-6-13)21-22-18(23)24-12-14-7-9-15(19)16(20)11-14/h7,9,11,13H,2-6,8,10,12H2,1H3. The average molecular weight is 384 g/mol. The zero-order chi connectivity index (χ0) is 16.9. The summed E-state index contributed by atoms with van der Waals surface area (Å²) in [7, 11) is 2.06. The summed E-state index contributed by atoms with van der Waals surface area (Å²) >= 11 is 13.7. The Morgan fingerprint density at radius 3 is 2.67 bits per heavy atom. The van der Waals surface area contributed by atoms with E-state index in [1.165, 1.54) is 38.5 Å². The molecule has 0 unspecified atom stereocenters. The molecule has 1 aromatic carbocycles. The summed E-state index contributed by atoms with van der Waals surface area (Å²) in [4.78, 5) is 0. The van der Waals surface area contributed by atoms with Crippen molar-refractivity contribution < 1.29 is 0 Å². The molecule has 0 saturated heterocycles. The van der Waals surface area contributed by atoms with Gasteiger partial charge in [0.25, 0.3) is 0 Å². The maximum absolute atomic E-state index is 6.07. The predicted octanol–water partition coefficient (Wildman–Crippen LogP) is 5.93. The van der Waals surface area contributed by atoms with Crippen LogP contribution in [0.25, 0.3) is 0 Å². The lowest BCUT2D eigenvalue weighted by Gasteiger charge is -2.20. The number of thioether (sulfide) groups is 1. The molecule has 1 aliphatic rings. The molecule has 0 amide bonds. The molecule has 3 rings (SSSR count). The normalized spacial score (nSPS) is 15.8. The molecular formula is C18H23Cl2N3S. The van der Waals surface area contributed by atoms with Crippen molar-refractivity contribution in [1.29, 1.82) is 0 Å². The maximum atomic E-state index is 6.07. The number of aromatic nitrogens is 3. The van der Waals surface area contributed by atoms with Gasteiger partial charge in [0.15, 0.2) is 5.16 Å². The highest BCUT2D eigenvalue weighted by Gasteiger charge is 2.16. The van der Waals surface area contributed by atoms with Gasteiger partial charge in [0.2, 0.25) is 0 Å². The molecule has 24 heavy (non-hydrogen) atoms. The van der Waals surface area contributed by atoms with E-state index in [0.29, 0.717) is 10.0 Å². The van der Waals surface area contributed by atoms with Gasteiger partial charge in [0.05, 0.1) is 10.0 Å². The summed E-state index contributed by atoms with van der Waals surface area (Å²) in [6.07, 6.45) is 9.25. The zero-order valence-corrected chi connectivity index (χ0v) is 16.3. The lowest BCUT2D eigenvalue weighted by atomic mass is 9.86. The Bertz CT molecular complexity index is 681. The van der Waals surface area contributed by atoms with Gasteiger partial charge >= 0.3 is 0 Å². The second-order valence-electron chi connectivity index (χ2n) is 6.54. The smallest absolute Gasteiger partial charge is 0.191 e. The fraction of sp³-hybridized carbons (Fsp3) is 0.556. The fourth-order valence-corrected chi connectivity index (χ4v) is 4.47. The van der Waals surface area contributed by atoms with Gasteiger partial charge in [0, 0.05) is 19.2 Å². The number of aryl methyl sites for hydroxylation is 1. The summed E-state index contributed by atoms with van der Waals surface area (Å²) in [5.74, 6) is 2.78. The fourth-order valence-electron chi connectivity index (χ4n) is 3.27. The van der Waals surface area contributed by atoms with Crippen LogP contribution >= 0.6 is 35.0 Å². The molecule has 0 aliphatic heterocycles. The first kappa shape index (κ1) is 18.1. The molecule has 1 aromatic heterocycles. The van der Waals surface area contributed by atoms with Gasteiger partial charge in [-0.25, -0.2) is 0 Å². The Morgan fingerprint density at radius 1 is 1.12 bits per heavy atom. The van der Waals surface area contributed by atoms with Crippen LogP contribution < -0.4 is 0 Å². The van der Waals surface area contributed by atoms with Crippen LogP contribution in [0.1, 0.15) is 49.9 Å². The first-order valence-electron chi connectivity index (χ1n) is 8.58. The predicted molar refractivity (Wildman–Crippen MR) is 102 cm³/mol. The van der Waals surface area contributed by atoms with Crippen LogP contribution in [0.3, 0.4) is 0 Å². The van der Waals surface area contributed by atoms with Crippen LogP contribution in [0.2, 0.25) is 10.0 Å². The third-order valence-electron chi connectivity index (χ3n) is 4.78. The SMILES string of the molecule is Cn1c(CCC2CCCCC2)nnc1SCc1ccc(Cl)c(Cl)c1. The van der Waals surface area contributed by atoms with E-state index in [-0.39, 0.29) is 0 Å². The van der Waals surface area contributed by atoms with E-state index in [1.807, 2.05) is 18.2 Å². The van der Waals surface area contributed by atoms with Crippen molar-refractivity contribution in [3.63, 3.8) is 0 Å². The molecule has 2 aromatic rings. The minimum Gasteiger partial charge on any atom is -0.309 e. The lowest BCUT2D eigenvalue weighted by Crippen LogP contribution is -2.09.